The Kier molecular flexibility index (Phi) is 6.59. The number of alkyl carbamates (subject to hydrolysis) is 1. The van der Waals surface area contributed by atoms with Gasteiger partial charge in [-0.3, -0.25) is 0 Å². The van der Waals surface area contributed by atoms with Crippen LogP contribution in [0, 0.1) is 0 Å². The molecule has 4 heteroatoms. The number of ether oxygens (including phenoxy) is 1. The van der Waals surface area contributed by atoms with Crippen LogP contribution < -0.4 is 5.32 Å². The van der Waals surface area contributed by atoms with Gasteiger partial charge in [-0.05, 0) is 45.7 Å². The number of carbonyl (C=O) groups excluding carboxylic acids is 1. The Morgan fingerprint density at radius 3 is 2.33 bits per heavy atom. The minimum absolute atomic E-state index is 0.150. The second kappa shape index (κ2) is 7.74. The topological polar surface area (TPSA) is 38.3 Å². The van der Waals surface area contributed by atoms with E-state index in [1.165, 1.54) is 4.90 Å². The molecule has 118 valence electrons. The number of benzene rings is 1. The first kappa shape index (κ1) is 17.9. The predicted octanol–water partition coefficient (Wildman–Crippen LogP) is 4.86. The Hall–Kier alpha value is -1.16. The van der Waals surface area contributed by atoms with Crippen molar-refractivity contribution in [2.75, 3.05) is 6.54 Å². The highest BCUT2D eigenvalue weighted by atomic mass is 32.2. The zero-order valence-electron chi connectivity index (χ0n) is 13.7. The monoisotopic (exact) mass is 309 g/mol. The van der Waals surface area contributed by atoms with Crippen molar-refractivity contribution in [3.05, 3.63) is 30.3 Å². The number of hydrogen-bond acceptors (Lipinski definition) is 3. The largest absolute Gasteiger partial charge is 0.444 e. The molecule has 0 saturated heterocycles. The lowest BCUT2D eigenvalue weighted by Gasteiger charge is -2.24. The number of nitrogens with one attached hydrogen (secondary N) is 1. The standard InChI is InChI=1S/C17H27NO2S/c1-16(2,3)20-15(19)18-13-9-12-17(4,5)21-14-10-7-6-8-11-14/h6-8,10-11H,9,12-13H2,1-5H3,(H,18,19). The van der Waals surface area contributed by atoms with Crippen molar-refractivity contribution in [2.24, 2.45) is 0 Å². The van der Waals surface area contributed by atoms with E-state index in [0.29, 0.717) is 6.54 Å². The molecule has 0 saturated carbocycles. The van der Waals surface area contributed by atoms with Crippen molar-refractivity contribution in [3.63, 3.8) is 0 Å². The molecule has 1 rings (SSSR count). The van der Waals surface area contributed by atoms with E-state index in [-0.39, 0.29) is 10.8 Å². The fourth-order valence-electron chi connectivity index (χ4n) is 1.88. The maximum absolute atomic E-state index is 11.5. The van der Waals surface area contributed by atoms with Crippen LogP contribution in [0.15, 0.2) is 35.2 Å². The quantitative estimate of drug-likeness (QED) is 0.602. The van der Waals surface area contributed by atoms with E-state index < -0.39 is 5.60 Å². The molecular weight excluding hydrogens is 282 g/mol. The fraction of sp³-hybridized carbons (Fsp3) is 0.588. The van der Waals surface area contributed by atoms with Gasteiger partial charge in [0.05, 0.1) is 0 Å². The molecular formula is C17H27NO2S. The Morgan fingerprint density at radius 2 is 1.76 bits per heavy atom. The third kappa shape index (κ3) is 8.66. The Bertz CT molecular complexity index is 438. The van der Waals surface area contributed by atoms with Crippen LogP contribution >= 0.6 is 11.8 Å². The molecule has 0 aromatic heterocycles. The smallest absolute Gasteiger partial charge is 0.407 e. The van der Waals surface area contributed by atoms with Crippen molar-refractivity contribution >= 4 is 17.9 Å². The van der Waals surface area contributed by atoms with Gasteiger partial charge in [-0.25, -0.2) is 4.79 Å². The highest BCUT2D eigenvalue weighted by Gasteiger charge is 2.19. The average molecular weight is 309 g/mol. The second-order valence-corrected chi connectivity index (χ2v) is 8.49. The number of hydrogen-bond donors (Lipinski definition) is 1. The van der Waals surface area contributed by atoms with Gasteiger partial charge >= 0.3 is 6.09 Å². The van der Waals surface area contributed by atoms with Gasteiger partial charge in [-0.15, -0.1) is 11.8 Å². The molecule has 1 aromatic carbocycles. The summed E-state index contributed by atoms with van der Waals surface area (Å²) in [5.74, 6) is 0. The number of thioether (sulfide) groups is 1. The van der Waals surface area contributed by atoms with Gasteiger partial charge in [0.2, 0.25) is 0 Å². The molecule has 1 N–H and O–H groups in total. The molecule has 0 atom stereocenters. The summed E-state index contributed by atoms with van der Waals surface area (Å²) >= 11 is 1.87. The zero-order chi connectivity index (χ0) is 15.9. The summed E-state index contributed by atoms with van der Waals surface area (Å²) in [5, 5.41) is 2.81. The van der Waals surface area contributed by atoms with Crippen LogP contribution in [0.2, 0.25) is 0 Å². The van der Waals surface area contributed by atoms with Crippen molar-refractivity contribution in [3.8, 4) is 0 Å². The summed E-state index contributed by atoms with van der Waals surface area (Å²) in [6.07, 6.45) is 1.63. The Labute approximate surface area is 132 Å². The lowest BCUT2D eigenvalue weighted by atomic mass is 10.1. The molecule has 0 spiro atoms. The molecule has 3 nitrogen and oxygen atoms in total. The molecule has 0 bridgehead atoms. The van der Waals surface area contributed by atoms with Crippen LogP contribution in [0.3, 0.4) is 0 Å². The molecule has 21 heavy (non-hydrogen) atoms. The molecule has 0 radical (unpaired) electrons. The van der Waals surface area contributed by atoms with Crippen LogP contribution in [-0.2, 0) is 4.74 Å². The van der Waals surface area contributed by atoms with E-state index in [1.54, 1.807) is 0 Å². The SMILES string of the molecule is CC(C)(C)OC(=O)NCCCC(C)(C)Sc1ccccc1. The molecule has 1 amide bonds. The summed E-state index contributed by atoms with van der Waals surface area (Å²) in [6.45, 7) is 10.7. The Balaban J connectivity index is 2.26. The Morgan fingerprint density at radius 1 is 1.14 bits per heavy atom. The fourth-order valence-corrected chi connectivity index (χ4v) is 3.06. The molecule has 0 fully saturated rings. The second-order valence-electron chi connectivity index (χ2n) is 6.71. The molecule has 0 aliphatic carbocycles. The van der Waals surface area contributed by atoms with Crippen LogP contribution in [0.1, 0.15) is 47.5 Å². The lowest BCUT2D eigenvalue weighted by Crippen LogP contribution is -2.33. The summed E-state index contributed by atoms with van der Waals surface area (Å²) in [5.41, 5.74) is -0.438. The first-order chi connectivity index (χ1) is 9.68. The van der Waals surface area contributed by atoms with Crippen molar-refractivity contribution < 1.29 is 9.53 Å². The van der Waals surface area contributed by atoms with Crippen molar-refractivity contribution in [2.45, 2.75) is 62.7 Å². The van der Waals surface area contributed by atoms with Crippen LogP contribution in [0.4, 0.5) is 4.79 Å². The molecule has 0 heterocycles. The van der Waals surface area contributed by atoms with E-state index in [9.17, 15) is 4.79 Å². The third-order valence-corrected chi connectivity index (χ3v) is 4.03. The first-order valence-electron chi connectivity index (χ1n) is 7.39. The van der Waals surface area contributed by atoms with Gasteiger partial charge in [0, 0.05) is 16.2 Å². The summed E-state index contributed by atoms with van der Waals surface area (Å²) in [4.78, 5) is 12.8. The van der Waals surface area contributed by atoms with E-state index in [1.807, 2.05) is 38.6 Å². The zero-order valence-corrected chi connectivity index (χ0v) is 14.5. The van der Waals surface area contributed by atoms with E-state index >= 15 is 0 Å². The molecule has 1 aromatic rings. The normalized spacial score (nSPS) is 12.0. The average Bonchev–Trinajstić information content (AvgIpc) is 2.33. The van der Waals surface area contributed by atoms with Gasteiger partial charge in [-0.2, -0.15) is 0 Å². The van der Waals surface area contributed by atoms with Gasteiger partial charge < -0.3 is 10.1 Å². The van der Waals surface area contributed by atoms with E-state index in [0.717, 1.165) is 12.8 Å². The van der Waals surface area contributed by atoms with Crippen LogP contribution in [0.25, 0.3) is 0 Å². The molecule has 0 aliphatic heterocycles. The van der Waals surface area contributed by atoms with E-state index in [2.05, 4.69) is 43.4 Å². The van der Waals surface area contributed by atoms with Gasteiger partial charge in [0.15, 0.2) is 0 Å². The van der Waals surface area contributed by atoms with Crippen LogP contribution in [-0.4, -0.2) is 23.0 Å². The number of rotatable bonds is 6. The van der Waals surface area contributed by atoms with Crippen molar-refractivity contribution in [1.29, 1.82) is 0 Å². The van der Waals surface area contributed by atoms with Gasteiger partial charge in [0.1, 0.15) is 5.60 Å². The predicted molar refractivity (Wildman–Crippen MR) is 89.8 cm³/mol. The first-order valence-corrected chi connectivity index (χ1v) is 8.20. The summed E-state index contributed by atoms with van der Waals surface area (Å²) in [6, 6.07) is 10.4. The molecule has 0 unspecified atom stereocenters. The van der Waals surface area contributed by atoms with Crippen molar-refractivity contribution in [1.82, 2.24) is 5.32 Å². The molecule has 0 aliphatic rings. The third-order valence-electron chi connectivity index (χ3n) is 2.76. The minimum atomic E-state index is -0.438. The van der Waals surface area contributed by atoms with Gasteiger partial charge in [-0.1, -0.05) is 32.0 Å². The minimum Gasteiger partial charge on any atom is -0.444 e. The number of amides is 1. The summed E-state index contributed by atoms with van der Waals surface area (Å²) in [7, 11) is 0. The highest BCUT2D eigenvalue weighted by Crippen LogP contribution is 2.35. The maximum Gasteiger partial charge on any atom is 0.407 e. The van der Waals surface area contributed by atoms with Crippen LogP contribution in [0.5, 0.6) is 0 Å². The lowest BCUT2D eigenvalue weighted by molar-refractivity contribution is 0.0526. The van der Waals surface area contributed by atoms with E-state index in [4.69, 9.17) is 4.74 Å². The van der Waals surface area contributed by atoms with Gasteiger partial charge in [0.25, 0.3) is 0 Å². The summed E-state index contributed by atoms with van der Waals surface area (Å²) < 4.78 is 5.36. The maximum atomic E-state index is 11.5. The highest BCUT2D eigenvalue weighted by molar-refractivity contribution is 8.00. The number of carbonyl (C=O) groups is 1.